The third-order valence-electron chi connectivity index (χ3n) is 3.29. The number of ether oxygens (including phenoxy) is 1. The van der Waals surface area contributed by atoms with Crippen LogP contribution in [0.15, 0.2) is 6.33 Å². The monoisotopic (exact) mass is 418 g/mol. The molecule has 2 rings (SSSR count). The first-order valence-corrected chi connectivity index (χ1v) is 9.73. The molecule has 1 aromatic heterocycles. The fourth-order valence-electron chi connectivity index (χ4n) is 2.19. The van der Waals surface area contributed by atoms with Crippen molar-refractivity contribution in [3.05, 3.63) is 12.0 Å². The number of nitrogens with two attached hydrogens (primary N) is 2. The Morgan fingerprint density at radius 3 is 2.42 bits per heavy atom. The number of aliphatic hydroxyl groups is 2. The average molecular weight is 418 g/mol. The molecular formula is C9H16N4O11P2. The number of carbonyl (C=O) groups is 1. The number of aromatic nitrogens is 2. The van der Waals surface area contributed by atoms with Crippen LogP contribution in [0.3, 0.4) is 0 Å². The molecule has 0 saturated carbocycles. The Balaban J connectivity index is 2.09. The van der Waals surface area contributed by atoms with Gasteiger partial charge in [0.2, 0.25) is 0 Å². The topological polar surface area (TPSA) is 250 Å². The van der Waals surface area contributed by atoms with E-state index >= 15 is 0 Å². The zero-order valence-corrected chi connectivity index (χ0v) is 14.5. The van der Waals surface area contributed by atoms with E-state index < -0.39 is 52.7 Å². The lowest BCUT2D eigenvalue weighted by atomic mass is 10.1. The van der Waals surface area contributed by atoms with Crippen molar-refractivity contribution in [2.24, 2.45) is 5.73 Å². The molecule has 2 heterocycles. The van der Waals surface area contributed by atoms with Crippen molar-refractivity contribution in [1.29, 1.82) is 0 Å². The van der Waals surface area contributed by atoms with Crippen LogP contribution < -0.4 is 11.5 Å². The SMILES string of the molecule is NC(=O)c1ncn(C2OC(COP(=O)(O)OP(=O)(O)O)C(O)C2O)c1N. The van der Waals surface area contributed by atoms with Crippen LogP contribution in [0.2, 0.25) is 0 Å². The molecule has 0 bridgehead atoms. The fraction of sp³-hybridized carbons (Fsp3) is 0.556. The van der Waals surface area contributed by atoms with Crippen molar-refractivity contribution in [1.82, 2.24) is 9.55 Å². The second kappa shape index (κ2) is 7.32. The van der Waals surface area contributed by atoms with Gasteiger partial charge in [-0.3, -0.25) is 13.9 Å². The van der Waals surface area contributed by atoms with Gasteiger partial charge in [-0.2, -0.15) is 4.31 Å². The van der Waals surface area contributed by atoms with E-state index in [0.29, 0.717) is 0 Å². The lowest BCUT2D eigenvalue weighted by molar-refractivity contribution is -0.0510. The normalized spacial score (nSPS) is 28.8. The molecule has 9 N–H and O–H groups in total. The standard InChI is InChI=1S/C9H16N4O11P2/c10-7-4(8(11)16)12-2-13(7)9-6(15)5(14)3(23-9)1-22-26(20,21)24-25(17,18)19/h2-3,5-6,9,14-15H,1,10H2,(H2,11,16)(H,20,21)(H2,17,18,19). The molecule has 0 aromatic carbocycles. The number of hydrogen-bond donors (Lipinski definition) is 7. The first-order chi connectivity index (χ1) is 11.8. The molecule has 1 aromatic rings. The van der Waals surface area contributed by atoms with Crippen LogP contribution >= 0.6 is 15.6 Å². The maximum absolute atomic E-state index is 11.4. The van der Waals surface area contributed by atoms with Crippen LogP contribution in [0.5, 0.6) is 0 Å². The van der Waals surface area contributed by atoms with Gasteiger partial charge in [-0.05, 0) is 0 Å². The number of anilines is 1. The van der Waals surface area contributed by atoms with Gasteiger partial charge in [0.1, 0.15) is 24.1 Å². The molecule has 0 radical (unpaired) electrons. The van der Waals surface area contributed by atoms with Crippen molar-refractivity contribution >= 4 is 27.4 Å². The smallest absolute Gasteiger partial charge is 0.387 e. The van der Waals surface area contributed by atoms with E-state index in [2.05, 4.69) is 13.8 Å². The number of hydrogen-bond acceptors (Lipinski definition) is 10. The number of aliphatic hydroxyl groups excluding tert-OH is 2. The molecule has 5 atom stereocenters. The number of phosphoric ester groups is 1. The highest BCUT2D eigenvalue weighted by Gasteiger charge is 2.46. The van der Waals surface area contributed by atoms with Gasteiger partial charge in [0.05, 0.1) is 12.9 Å². The van der Waals surface area contributed by atoms with Gasteiger partial charge in [-0.1, -0.05) is 0 Å². The second-order valence-electron chi connectivity index (χ2n) is 5.13. The second-order valence-corrected chi connectivity index (χ2v) is 7.96. The van der Waals surface area contributed by atoms with Crippen molar-refractivity contribution in [3.63, 3.8) is 0 Å². The Labute approximate surface area is 145 Å². The van der Waals surface area contributed by atoms with Gasteiger partial charge in [0, 0.05) is 0 Å². The number of nitrogen functional groups attached to an aromatic ring is 1. The van der Waals surface area contributed by atoms with Gasteiger partial charge < -0.3 is 41.1 Å². The summed E-state index contributed by atoms with van der Waals surface area (Å²) < 4.78 is 36.1. The third-order valence-corrected chi connectivity index (χ3v) is 5.44. The molecule has 26 heavy (non-hydrogen) atoms. The predicted octanol–water partition coefficient (Wildman–Crippen LogP) is -2.59. The van der Waals surface area contributed by atoms with Gasteiger partial charge in [0.25, 0.3) is 5.91 Å². The van der Waals surface area contributed by atoms with Gasteiger partial charge in [-0.25, -0.2) is 14.1 Å². The lowest BCUT2D eigenvalue weighted by Gasteiger charge is -2.18. The Bertz CT molecular complexity index is 778. The van der Waals surface area contributed by atoms with Crippen molar-refractivity contribution in [2.45, 2.75) is 24.5 Å². The number of amides is 1. The van der Waals surface area contributed by atoms with E-state index in [9.17, 15) is 29.0 Å². The largest absolute Gasteiger partial charge is 0.481 e. The van der Waals surface area contributed by atoms with Crippen molar-refractivity contribution < 1.29 is 52.4 Å². The molecule has 0 aliphatic carbocycles. The Morgan fingerprint density at radius 2 is 1.92 bits per heavy atom. The zero-order chi connectivity index (χ0) is 19.9. The summed E-state index contributed by atoms with van der Waals surface area (Å²) >= 11 is 0. The van der Waals surface area contributed by atoms with E-state index in [1.807, 2.05) is 0 Å². The Morgan fingerprint density at radius 1 is 1.31 bits per heavy atom. The number of phosphoric acid groups is 2. The highest BCUT2D eigenvalue weighted by atomic mass is 31.3. The number of nitrogens with zero attached hydrogens (tertiary/aromatic N) is 2. The molecule has 17 heteroatoms. The molecule has 148 valence electrons. The molecule has 1 amide bonds. The van der Waals surface area contributed by atoms with Crippen LogP contribution in [0.25, 0.3) is 0 Å². The number of imidazole rings is 1. The average Bonchev–Trinajstić information content (AvgIpc) is 2.97. The summed E-state index contributed by atoms with van der Waals surface area (Å²) in [7, 11) is -10.5. The predicted molar refractivity (Wildman–Crippen MR) is 80.0 cm³/mol. The van der Waals surface area contributed by atoms with Gasteiger partial charge >= 0.3 is 15.6 Å². The van der Waals surface area contributed by atoms with Gasteiger partial charge in [0.15, 0.2) is 11.9 Å². The number of carbonyl (C=O) groups excluding carboxylic acids is 1. The van der Waals surface area contributed by atoms with E-state index in [-0.39, 0.29) is 11.5 Å². The maximum Gasteiger partial charge on any atom is 0.481 e. The summed E-state index contributed by atoms with van der Waals surface area (Å²) in [6.45, 7) is -0.875. The van der Waals surface area contributed by atoms with Crippen LogP contribution in [-0.2, 0) is 22.7 Å². The summed E-state index contributed by atoms with van der Waals surface area (Å²) in [6, 6.07) is 0. The highest BCUT2D eigenvalue weighted by Crippen LogP contribution is 2.57. The first kappa shape index (κ1) is 20.9. The molecule has 5 unspecified atom stereocenters. The van der Waals surface area contributed by atoms with Crippen LogP contribution in [0.4, 0.5) is 5.82 Å². The minimum Gasteiger partial charge on any atom is -0.387 e. The Hall–Kier alpha value is -1.38. The summed E-state index contributed by atoms with van der Waals surface area (Å²) in [5.41, 5.74) is 10.4. The van der Waals surface area contributed by atoms with Crippen LogP contribution in [0, 0.1) is 0 Å². The third kappa shape index (κ3) is 4.66. The molecule has 1 saturated heterocycles. The molecule has 1 aliphatic heterocycles. The minimum absolute atomic E-state index is 0.256. The fourth-order valence-corrected chi connectivity index (χ4v) is 3.78. The highest BCUT2D eigenvalue weighted by molar-refractivity contribution is 7.60. The molecular weight excluding hydrogens is 402 g/mol. The van der Waals surface area contributed by atoms with E-state index in [1.165, 1.54) is 0 Å². The van der Waals surface area contributed by atoms with Crippen LogP contribution in [0.1, 0.15) is 16.7 Å². The summed E-state index contributed by atoms with van der Waals surface area (Å²) in [5.74, 6) is -1.20. The quantitative estimate of drug-likeness (QED) is 0.225. The van der Waals surface area contributed by atoms with E-state index in [0.717, 1.165) is 10.9 Å². The van der Waals surface area contributed by atoms with E-state index in [1.54, 1.807) is 0 Å². The molecule has 1 fully saturated rings. The summed E-state index contributed by atoms with van der Waals surface area (Å²) in [5, 5.41) is 20.0. The summed E-state index contributed by atoms with van der Waals surface area (Å²) in [4.78, 5) is 41.0. The van der Waals surface area contributed by atoms with Crippen molar-refractivity contribution in [2.75, 3.05) is 12.3 Å². The summed E-state index contributed by atoms with van der Waals surface area (Å²) in [6.07, 6.45) is -4.99. The zero-order valence-electron chi connectivity index (χ0n) is 12.7. The first-order valence-electron chi connectivity index (χ1n) is 6.70. The molecule has 15 nitrogen and oxygen atoms in total. The maximum atomic E-state index is 11.4. The van der Waals surface area contributed by atoms with Crippen molar-refractivity contribution in [3.8, 4) is 0 Å². The number of rotatable bonds is 7. The molecule has 0 spiro atoms. The number of primary amides is 1. The van der Waals surface area contributed by atoms with Crippen LogP contribution in [-0.4, -0.2) is 65.3 Å². The van der Waals surface area contributed by atoms with Gasteiger partial charge in [-0.15, -0.1) is 0 Å². The molecule has 1 aliphatic rings. The minimum atomic E-state index is -5.31. The lowest BCUT2D eigenvalue weighted by Crippen LogP contribution is -2.33. The Kier molecular flexibility index (Phi) is 5.90. The van der Waals surface area contributed by atoms with E-state index in [4.69, 9.17) is 26.0 Å².